The van der Waals surface area contributed by atoms with Crippen LogP contribution in [0.15, 0.2) is 24.4 Å². The van der Waals surface area contributed by atoms with Crippen molar-refractivity contribution in [3.05, 3.63) is 46.2 Å². The fraction of sp³-hybridized carbons (Fsp3) is 0.368. The highest BCUT2D eigenvalue weighted by Crippen LogP contribution is 2.32. The maximum absolute atomic E-state index is 13.5. The molecule has 29 heavy (non-hydrogen) atoms. The van der Waals surface area contributed by atoms with E-state index in [1.807, 2.05) is 6.07 Å². The normalized spacial score (nSPS) is 14.4. The number of hydrogen-bond acceptors (Lipinski definition) is 5. The van der Waals surface area contributed by atoms with E-state index in [1.165, 1.54) is 18.2 Å². The Morgan fingerprint density at radius 1 is 1.31 bits per heavy atom. The number of carbonyl (C=O) groups is 1. The fourth-order valence-electron chi connectivity index (χ4n) is 3.18. The average molecular weight is 424 g/mol. The van der Waals surface area contributed by atoms with E-state index in [0.717, 1.165) is 31.9 Å². The molecule has 0 spiro atoms. The van der Waals surface area contributed by atoms with E-state index in [-0.39, 0.29) is 22.5 Å². The van der Waals surface area contributed by atoms with Crippen molar-refractivity contribution in [3.63, 3.8) is 0 Å². The van der Waals surface area contributed by atoms with E-state index in [1.54, 1.807) is 0 Å². The van der Waals surface area contributed by atoms with Crippen molar-refractivity contribution in [2.24, 2.45) is 5.92 Å². The Kier molecular flexibility index (Phi) is 6.23. The van der Waals surface area contributed by atoms with Crippen molar-refractivity contribution < 1.29 is 18.0 Å². The third-order valence-corrected chi connectivity index (χ3v) is 4.99. The molecule has 1 heterocycles. The van der Waals surface area contributed by atoms with Gasteiger partial charge in [-0.05, 0) is 37.0 Å². The first-order valence-electron chi connectivity index (χ1n) is 8.97. The van der Waals surface area contributed by atoms with Gasteiger partial charge in [-0.1, -0.05) is 24.4 Å². The minimum absolute atomic E-state index is 0.136. The first-order valence-corrected chi connectivity index (χ1v) is 9.35. The number of carbonyl (C=O) groups excluding carboxylic acids is 1. The van der Waals surface area contributed by atoms with Gasteiger partial charge in [-0.3, -0.25) is 4.79 Å². The molecule has 1 aliphatic carbocycles. The van der Waals surface area contributed by atoms with Crippen LogP contribution in [0.25, 0.3) is 0 Å². The molecule has 6 nitrogen and oxygen atoms in total. The van der Waals surface area contributed by atoms with Gasteiger partial charge in [-0.15, -0.1) is 0 Å². The Morgan fingerprint density at radius 2 is 2.03 bits per heavy atom. The van der Waals surface area contributed by atoms with E-state index in [4.69, 9.17) is 16.9 Å². The molecule has 152 valence electrons. The van der Waals surface area contributed by atoms with Crippen molar-refractivity contribution in [2.45, 2.75) is 31.9 Å². The zero-order valence-electron chi connectivity index (χ0n) is 15.2. The van der Waals surface area contributed by atoms with Crippen LogP contribution in [0.4, 0.5) is 24.8 Å². The molecule has 1 aromatic heterocycles. The largest absolute Gasteiger partial charge is 0.434 e. The quantitative estimate of drug-likeness (QED) is 0.728. The van der Waals surface area contributed by atoms with Crippen molar-refractivity contribution in [1.82, 2.24) is 15.3 Å². The maximum atomic E-state index is 13.5. The molecule has 1 aromatic carbocycles. The fourth-order valence-corrected chi connectivity index (χ4v) is 3.41. The van der Waals surface area contributed by atoms with Crippen LogP contribution in [-0.4, -0.2) is 22.4 Å². The predicted octanol–water partition coefficient (Wildman–Crippen LogP) is 4.68. The second-order valence-corrected chi connectivity index (χ2v) is 7.15. The summed E-state index contributed by atoms with van der Waals surface area (Å²) < 4.78 is 40.4. The summed E-state index contributed by atoms with van der Waals surface area (Å²) in [6.45, 7) is 0.333. The molecule has 0 bridgehead atoms. The molecule has 2 N–H and O–H groups in total. The van der Waals surface area contributed by atoms with Gasteiger partial charge in [0.1, 0.15) is 6.07 Å². The number of aromatic nitrogens is 2. The molecule has 1 fully saturated rings. The number of anilines is 2. The minimum Gasteiger partial charge on any atom is -0.352 e. The summed E-state index contributed by atoms with van der Waals surface area (Å²) in [5.41, 5.74) is -1.42. The Morgan fingerprint density at radius 3 is 2.66 bits per heavy atom. The smallest absolute Gasteiger partial charge is 0.352 e. The van der Waals surface area contributed by atoms with Gasteiger partial charge in [0.25, 0.3) is 5.91 Å². The van der Waals surface area contributed by atoms with E-state index in [2.05, 4.69) is 20.6 Å². The van der Waals surface area contributed by atoms with Gasteiger partial charge in [-0.25, -0.2) is 9.97 Å². The van der Waals surface area contributed by atoms with Gasteiger partial charge < -0.3 is 10.6 Å². The molecule has 3 rings (SSSR count). The monoisotopic (exact) mass is 423 g/mol. The summed E-state index contributed by atoms with van der Waals surface area (Å²) >= 11 is 5.92. The van der Waals surface area contributed by atoms with E-state index in [0.29, 0.717) is 12.2 Å². The summed E-state index contributed by atoms with van der Waals surface area (Å²) in [5.74, 6) is -0.904. The van der Waals surface area contributed by atoms with Crippen molar-refractivity contribution >= 4 is 29.1 Å². The minimum atomic E-state index is -4.83. The molecular weight excluding hydrogens is 407 g/mol. The lowest BCUT2D eigenvalue weighted by atomic mass is 10.1. The number of nitrogens with zero attached hydrogens (tertiary/aromatic N) is 3. The zero-order chi connectivity index (χ0) is 21.0. The lowest BCUT2D eigenvalue weighted by Crippen LogP contribution is -2.31. The van der Waals surface area contributed by atoms with Gasteiger partial charge >= 0.3 is 6.18 Å². The number of alkyl halides is 3. The highest BCUT2D eigenvalue weighted by Gasteiger charge is 2.38. The molecule has 0 unspecified atom stereocenters. The van der Waals surface area contributed by atoms with Gasteiger partial charge in [0.2, 0.25) is 5.95 Å². The number of nitriles is 1. The second-order valence-electron chi connectivity index (χ2n) is 6.75. The maximum Gasteiger partial charge on any atom is 0.434 e. The second kappa shape index (κ2) is 8.66. The molecule has 0 aliphatic heterocycles. The number of benzene rings is 1. The van der Waals surface area contributed by atoms with Crippen LogP contribution in [0.1, 0.15) is 47.3 Å². The van der Waals surface area contributed by atoms with Gasteiger partial charge in [0, 0.05) is 18.4 Å². The number of rotatable bonds is 5. The van der Waals surface area contributed by atoms with Crippen LogP contribution in [0.3, 0.4) is 0 Å². The molecule has 0 radical (unpaired) electrons. The van der Waals surface area contributed by atoms with Gasteiger partial charge in [0.15, 0.2) is 5.69 Å². The van der Waals surface area contributed by atoms with Gasteiger partial charge in [-0.2, -0.15) is 18.4 Å². The molecule has 2 aromatic rings. The third-order valence-electron chi connectivity index (χ3n) is 4.67. The third kappa shape index (κ3) is 5.15. The van der Waals surface area contributed by atoms with Crippen LogP contribution in [0, 0.1) is 17.2 Å². The summed E-state index contributed by atoms with van der Waals surface area (Å²) in [4.78, 5) is 19.6. The standard InChI is InChI=1S/C19H17ClF3N5O/c20-15-7-13(6-5-12(15)8-24)27-18-26-10-14(16(28-18)19(21,22)23)17(29)25-9-11-3-1-2-4-11/h5-7,10-11H,1-4,9H2,(H,25,29)(H,26,27,28). The molecule has 0 atom stereocenters. The topological polar surface area (TPSA) is 90.7 Å². The number of hydrogen-bond donors (Lipinski definition) is 2. The molecule has 1 amide bonds. The van der Waals surface area contributed by atoms with E-state index >= 15 is 0 Å². The first kappa shape index (κ1) is 20.9. The lowest BCUT2D eigenvalue weighted by Gasteiger charge is -2.15. The Balaban J connectivity index is 1.81. The van der Waals surface area contributed by atoms with Gasteiger partial charge in [0.05, 0.1) is 16.1 Å². The van der Waals surface area contributed by atoms with E-state index in [9.17, 15) is 18.0 Å². The summed E-state index contributed by atoms with van der Waals surface area (Å²) in [7, 11) is 0. The Labute approximate surface area is 170 Å². The SMILES string of the molecule is N#Cc1ccc(Nc2ncc(C(=O)NCC3CCCC3)c(C(F)(F)F)n2)cc1Cl. The molecule has 1 aliphatic rings. The van der Waals surface area contributed by atoms with Crippen molar-refractivity contribution in [3.8, 4) is 6.07 Å². The average Bonchev–Trinajstić information content (AvgIpc) is 3.19. The molecule has 1 saturated carbocycles. The van der Waals surface area contributed by atoms with Crippen LogP contribution < -0.4 is 10.6 Å². The molecule has 0 saturated heterocycles. The summed E-state index contributed by atoms with van der Waals surface area (Å²) in [5, 5.41) is 14.2. The number of nitrogens with one attached hydrogen (secondary N) is 2. The van der Waals surface area contributed by atoms with Crippen molar-refractivity contribution in [1.29, 1.82) is 5.26 Å². The number of halogens is 4. The zero-order valence-corrected chi connectivity index (χ0v) is 15.9. The molecular formula is C19H17ClF3N5O. The highest BCUT2D eigenvalue weighted by molar-refractivity contribution is 6.32. The molecule has 10 heteroatoms. The van der Waals surface area contributed by atoms with Crippen LogP contribution in [0.5, 0.6) is 0 Å². The predicted molar refractivity (Wildman–Crippen MR) is 101 cm³/mol. The highest BCUT2D eigenvalue weighted by atomic mass is 35.5. The van der Waals surface area contributed by atoms with Crippen LogP contribution in [-0.2, 0) is 6.18 Å². The Hall–Kier alpha value is -2.86. The number of amides is 1. The lowest BCUT2D eigenvalue weighted by molar-refractivity contribution is -0.141. The van der Waals surface area contributed by atoms with Crippen LogP contribution in [0.2, 0.25) is 5.02 Å². The summed E-state index contributed by atoms with van der Waals surface area (Å²) in [6.07, 6.45) is 0.0707. The van der Waals surface area contributed by atoms with E-state index < -0.39 is 23.3 Å². The Bertz CT molecular complexity index is 952. The first-order chi connectivity index (χ1) is 13.8. The van der Waals surface area contributed by atoms with Crippen molar-refractivity contribution in [2.75, 3.05) is 11.9 Å². The summed E-state index contributed by atoms with van der Waals surface area (Å²) in [6, 6.07) is 6.14. The van der Waals surface area contributed by atoms with Crippen LogP contribution >= 0.6 is 11.6 Å².